The molecule has 0 aromatic heterocycles. The second-order valence-electron chi connectivity index (χ2n) is 8.00. The minimum absolute atomic E-state index is 0. The van der Waals surface area contributed by atoms with Crippen LogP contribution < -0.4 is 10.6 Å². The molecule has 1 aliphatic heterocycles. The van der Waals surface area contributed by atoms with Gasteiger partial charge in [0.05, 0.1) is 19.3 Å². The molecule has 30 heavy (non-hydrogen) atoms. The summed E-state index contributed by atoms with van der Waals surface area (Å²) < 4.78 is 11.5. The van der Waals surface area contributed by atoms with Crippen LogP contribution in [0.1, 0.15) is 56.6 Å². The van der Waals surface area contributed by atoms with Gasteiger partial charge in [0.1, 0.15) is 0 Å². The SMILES string of the molecule is CCNC(=NCc1cccc(COC2CCOCC2)c1)NC1CCCC(SC)C1.I. The molecule has 2 unspecified atom stereocenters. The van der Waals surface area contributed by atoms with Gasteiger partial charge in [0.15, 0.2) is 5.96 Å². The van der Waals surface area contributed by atoms with Gasteiger partial charge in [-0.25, -0.2) is 4.99 Å². The average molecular weight is 548 g/mol. The van der Waals surface area contributed by atoms with E-state index >= 15 is 0 Å². The van der Waals surface area contributed by atoms with Crippen molar-refractivity contribution in [3.05, 3.63) is 35.4 Å². The molecule has 0 amide bonds. The van der Waals surface area contributed by atoms with Crippen molar-refractivity contribution in [3.63, 3.8) is 0 Å². The number of hydrogen-bond acceptors (Lipinski definition) is 4. The number of hydrogen-bond donors (Lipinski definition) is 2. The zero-order valence-corrected chi connectivity index (χ0v) is 21.5. The van der Waals surface area contributed by atoms with E-state index in [0.29, 0.717) is 25.3 Å². The van der Waals surface area contributed by atoms with Crippen molar-refractivity contribution < 1.29 is 9.47 Å². The summed E-state index contributed by atoms with van der Waals surface area (Å²) in [6.45, 7) is 5.98. The number of aliphatic imine (C=N–C) groups is 1. The Morgan fingerprint density at radius 2 is 2.00 bits per heavy atom. The van der Waals surface area contributed by atoms with E-state index in [4.69, 9.17) is 14.5 Å². The summed E-state index contributed by atoms with van der Waals surface area (Å²) in [6.07, 6.45) is 9.67. The van der Waals surface area contributed by atoms with E-state index in [-0.39, 0.29) is 24.0 Å². The fraction of sp³-hybridized carbons (Fsp3) is 0.696. The third-order valence-electron chi connectivity index (χ3n) is 5.71. The van der Waals surface area contributed by atoms with Crippen LogP contribution in [0.3, 0.4) is 0 Å². The number of guanidine groups is 1. The summed E-state index contributed by atoms with van der Waals surface area (Å²) in [5, 5.41) is 7.85. The van der Waals surface area contributed by atoms with Crippen molar-refractivity contribution in [1.82, 2.24) is 10.6 Å². The predicted molar refractivity (Wildman–Crippen MR) is 138 cm³/mol. The molecule has 2 fully saturated rings. The Kier molecular flexibility index (Phi) is 12.5. The van der Waals surface area contributed by atoms with Gasteiger partial charge in [-0.2, -0.15) is 11.8 Å². The second kappa shape index (κ2) is 14.5. The minimum Gasteiger partial charge on any atom is -0.381 e. The van der Waals surface area contributed by atoms with Crippen molar-refractivity contribution >= 4 is 41.7 Å². The van der Waals surface area contributed by atoms with Gasteiger partial charge in [-0.3, -0.25) is 0 Å². The Labute approximate surface area is 203 Å². The number of halogens is 1. The number of ether oxygens (including phenoxy) is 2. The van der Waals surface area contributed by atoms with Gasteiger partial charge in [-0.05, 0) is 56.4 Å². The Bertz CT molecular complexity index is 641. The first kappa shape index (κ1) is 25.7. The fourth-order valence-corrected chi connectivity index (χ4v) is 4.88. The molecule has 5 nitrogen and oxygen atoms in total. The third kappa shape index (κ3) is 8.93. The van der Waals surface area contributed by atoms with E-state index in [9.17, 15) is 0 Å². The van der Waals surface area contributed by atoms with Crippen molar-refractivity contribution in [2.24, 2.45) is 4.99 Å². The first-order valence-corrected chi connectivity index (χ1v) is 12.4. The van der Waals surface area contributed by atoms with Crippen LogP contribution >= 0.6 is 35.7 Å². The second-order valence-corrected chi connectivity index (χ2v) is 9.14. The lowest BCUT2D eigenvalue weighted by molar-refractivity contribution is -0.0390. The maximum atomic E-state index is 6.07. The molecule has 1 aromatic carbocycles. The standard InChI is InChI=1S/C23H37N3O2S.HI/c1-3-24-23(26-20-8-5-9-22(15-20)29-2)25-16-18-6-4-7-19(14-18)17-28-21-10-12-27-13-11-21;/h4,6-7,14,20-22H,3,5,8-13,15-17H2,1-2H3,(H2,24,25,26);1H. The summed E-state index contributed by atoms with van der Waals surface area (Å²) in [6, 6.07) is 9.14. The van der Waals surface area contributed by atoms with Gasteiger partial charge < -0.3 is 20.1 Å². The highest BCUT2D eigenvalue weighted by molar-refractivity contribution is 14.0. The monoisotopic (exact) mass is 547 g/mol. The van der Waals surface area contributed by atoms with E-state index in [2.05, 4.69) is 48.1 Å². The number of nitrogens with zero attached hydrogens (tertiary/aromatic N) is 1. The van der Waals surface area contributed by atoms with Crippen LogP contribution in [0.5, 0.6) is 0 Å². The molecule has 1 aliphatic carbocycles. The molecule has 1 saturated carbocycles. The lowest BCUT2D eigenvalue weighted by Crippen LogP contribution is -2.45. The summed E-state index contributed by atoms with van der Waals surface area (Å²) in [4.78, 5) is 4.85. The Balaban J connectivity index is 0.00000320. The molecule has 7 heteroatoms. The van der Waals surface area contributed by atoms with E-state index in [1.807, 2.05) is 11.8 Å². The number of nitrogens with one attached hydrogen (secondary N) is 2. The van der Waals surface area contributed by atoms with Crippen molar-refractivity contribution in [2.45, 2.75) is 76.0 Å². The van der Waals surface area contributed by atoms with Crippen LogP contribution in [0.25, 0.3) is 0 Å². The zero-order valence-electron chi connectivity index (χ0n) is 18.4. The van der Waals surface area contributed by atoms with Gasteiger partial charge in [0, 0.05) is 31.1 Å². The fourth-order valence-electron chi connectivity index (χ4n) is 4.05. The minimum atomic E-state index is 0. The summed E-state index contributed by atoms with van der Waals surface area (Å²) >= 11 is 2.00. The number of thioether (sulfide) groups is 1. The molecule has 0 bridgehead atoms. The van der Waals surface area contributed by atoms with Gasteiger partial charge in [-0.1, -0.05) is 30.7 Å². The average Bonchev–Trinajstić information content (AvgIpc) is 2.77. The van der Waals surface area contributed by atoms with Gasteiger partial charge >= 0.3 is 0 Å². The van der Waals surface area contributed by atoms with E-state index < -0.39 is 0 Å². The highest BCUT2D eigenvalue weighted by Gasteiger charge is 2.21. The highest BCUT2D eigenvalue weighted by atomic mass is 127. The summed E-state index contributed by atoms with van der Waals surface area (Å²) in [7, 11) is 0. The summed E-state index contributed by atoms with van der Waals surface area (Å²) in [5.41, 5.74) is 2.44. The third-order valence-corrected chi connectivity index (χ3v) is 6.80. The van der Waals surface area contributed by atoms with Crippen LogP contribution in [0.2, 0.25) is 0 Å². The van der Waals surface area contributed by atoms with Crippen LogP contribution in [0, 0.1) is 0 Å². The lowest BCUT2D eigenvalue weighted by Gasteiger charge is -2.29. The molecule has 1 heterocycles. The number of benzene rings is 1. The van der Waals surface area contributed by atoms with Gasteiger partial charge in [-0.15, -0.1) is 24.0 Å². The Morgan fingerprint density at radius 3 is 2.77 bits per heavy atom. The molecule has 1 aromatic rings. The van der Waals surface area contributed by atoms with Crippen molar-refractivity contribution in [3.8, 4) is 0 Å². The van der Waals surface area contributed by atoms with Crippen LogP contribution in [0.15, 0.2) is 29.3 Å². The van der Waals surface area contributed by atoms with Crippen LogP contribution in [0.4, 0.5) is 0 Å². The van der Waals surface area contributed by atoms with Crippen LogP contribution in [-0.2, 0) is 22.6 Å². The van der Waals surface area contributed by atoms with Crippen molar-refractivity contribution in [1.29, 1.82) is 0 Å². The maximum Gasteiger partial charge on any atom is 0.191 e. The van der Waals surface area contributed by atoms with E-state index in [1.54, 1.807) is 0 Å². The quantitative estimate of drug-likeness (QED) is 0.280. The smallest absolute Gasteiger partial charge is 0.191 e. The maximum absolute atomic E-state index is 6.07. The number of rotatable bonds is 8. The normalized spacial score (nSPS) is 22.9. The lowest BCUT2D eigenvalue weighted by atomic mass is 9.95. The predicted octanol–water partition coefficient (Wildman–Crippen LogP) is 4.73. The van der Waals surface area contributed by atoms with Crippen LogP contribution in [-0.4, -0.2) is 49.4 Å². The first-order valence-electron chi connectivity index (χ1n) is 11.1. The topological polar surface area (TPSA) is 54.9 Å². The van der Waals surface area contributed by atoms with Gasteiger partial charge in [0.2, 0.25) is 0 Å². The summed E-state index contributed by atoms with van der Waals surface area (Å²) in [5.74, 6) is 0.933. The largest absolute Gasteiger partial charge is 0.381 e. The first-order chi connectivity index (χ1) is 14.3. The van der Waals surface area contributed by atoms with E-state index in [1.165, 1.54) is 36.8 Å². The van der Waals surface area contributed by atoms with Gasteiger partial charge in [0.25, 0.3) is 0 Å². The molecular weight excluding hydrogens is 509 g/mol. The Hall–Kier alpha value is -0.510. The molecule has 0 radical (unpaired) electrons. The van der Waals surface area contributed by atoms with E-state index in [0.717, 1.165) is 43.8 Å². The molecular formula is C23H38IN3O2S. The molecule has 3 rings (SSSR count). The molecule has 2 aliphatic rings. The molecule has 2 atom stereocenters. The highest BCUT2D eigenvalue weighted by Crippen LogP contribution is 2.26. The Morgan fingerprint density at radius 1 is 1.20 bits per heavy atom. The molecule has 0 spiro atoms. The zero-order chi connectivity index (χ0) is 20.3. The van der Waals surface area contributed by atoms with Crippen molar-refractivity contribution in [2.75, 3.05) is 26.0 Å². The molecule has 2 N–H and O–H groups in total. The molecule has 1 saturated heterocycles. The molecule has 170 valence electrons.